The van der Waals surface area contributed by atoms with Gasteiger partial charge in [-0.05, 0) is 35.9 Å². The minimum absolute atomic E-state index is 0.241. The van der Waals surface area contributed by atoms with Gasteiger partial charge < -0.3 is 35.8 Å². The number of nitrogens with one attached hydrogen (secondary N) is 2. The van der Waals surface area contributed by atoms with E-state index in [1.807, 2.05) is 18.2 Å². The number of amides is 2. The Morgan fingerprint density at radius 1 is 0.875 bits per heavy atom. The zero-order valence-electron chi connectivity index (χ0n) is 17.2. The van der Waals surface area contributed by atoms with Crippen LogP contribution in [-0.2, 0) is 9.53 Å². The fourth-order valence-corrected chi connectivity index (χ4v) is 3.34. The van der Waals surface area contributed by atoms with E-state index in [0.717, 1.165) is 0 Å². The summed E-state index contributed by atoms with van der Waals surface area (Å²) >= 11 is 0. The normalized spacial score (nSPS) is 25.4. The van der Waals surface area contributed by atoms with Crippen molar-refractivity contribution < 1.29 is 34.8 Å². The van der Waals surface area contributed by atoms with Crippen LogP contribution in [-0.4, -0.2) is 69.4 Å². The third kappa shape index (κ3) is 6.22. The van der Waals surface area contributed by atoms with Crippen molar-refractivity contribution in [2.75, 3.05) is 17.2 Å². The number of anilines is 2. The van der Waals surface area contributed by atoms with Crippen molar-refractivity contribution >= 4 is 29.3 Å². The highest BCUT2D eigenvalue weighted by Gasteiger charge is 2.43. The molecule has 2 aromatic rings. The molecule has 0 radical (unpaired) electrons. The molecule has 1 aliphatic rings. The molecule has 1 saturated heterocycles. The molecule has 0 spiro atoms. The number of carbonyl (C=O) groups is 2. The van der Waals surface area contributed by atoms with E-state index >= 15 is 0 Å². The minimum atomic E-state index is -1.52. The van der Waals surface area contributed by atoms with Crippen LogP contribution in [0.1, 0.15) is 12.0 Å². The Bertz CT molecular complexity index is 948. The number of rotatable bonds is 7. The summed E-state index contributed by atoms with van der Waals surface area (Å²) < 4.78 is 5.35. The molecule has 32 heavy (non-hydrogen) atoms. The number of urea groups is 1. The predicted molar refractivity (Wildman–Crippen MR) is 118 cm³/mol. The smallest absolute Gasteiger partial charge is 0.323 e. The second-order valence-electron chi connectivity index (χ2n) is 7.44. The van der Waals surface area contributed by atoms with E-state index in [1.54, 1.807) is 42.5 Å². The molecular formula is C23H26N2O7. The van der Waals surface area contributed by atoms with Crippen molar-refractivity contribution in [3.63, 3.8) is 0 Å². The first-order valence-corrected chi connectivity index (χ1v) is 10.1. The first-order chi connectivity index (χ1) is 15.4. The van der Waals surface area contributed by atoms with E-state index < -0.39 is 43.2 Å². The van der Waals surface area contributed by atoms with Gasteiger partial charge >= 0.3 is 6.03 Å². The standard InChI is InChI=1S/C23H26N2O7/c26-13-19-21(29)22(30)20(28)18(32-19)12-17(27)10-9-14-5-4-8-16(11-14)25-23(31)24-15-6-2-1-3-7-15/h1-11,18-22,26,28-30H,12-13H2,(H2,24,25,31)/b10-9+/t18-,19+,20-,21+,22+/m0/s1. The number of hydrogen-bond donors (Lipinski definition) is 6. The summed E-state index contributed by atoms with van der Waals surface area (Å²) in [6.07, 6.45) is -3.95. The van der Waals surface area contributed by atoms with Gasteiger partial charge in [0.05, 0.1) is 12.7 Å². The van der Waals surface area contributed by atoms with Crippen LogP contribution in [0.3, 0.4) is 0 Å². The Kier molecular flexibility index (Phi) is 8.09. The van der Waals surface area contributed by atoms with Crippen molar-refractivity contribution in [1.82, 2.24) is 0 Å². The number of hydrogen-bond acceptors (Lipinski definition) is 7. The van der Waals surface area contributed by atoms with Gasteiger partial charge in [-0.3, -0.25) is 4.79 Å². The Hall–Kier alpha value is -3.08. The Morgan fingerprint density at radius 2 is 1.53 bits per heavy atom. The lowest BCUT2D eigenvalue weighted by molar-refractivity contribution is -0.229. The van der Waals surface area contributed by atoms with Crippen LogP contribution in [0.25, 0.3) is 6.08 Å². The van der Waals surface area contributed by atoms with Gasteiger partial charge in [0, 0.05) is 17.8 Å². The number of ether oxygens (including phenoxy) is 1. The maximum absolute atomic E-state index is 12.3. The fourth-order valence-electron chi connectivity index (χ4n) is 3.34. The highest BCUT2D eigenvalue weighted by molar-refractivity contribution is 6.00. The number of benzene rings is 2. The SMILES string of the molecule is O=C(/C=C/c1cccc(NC(=O)Nc2ccccc2)c1)C[C@@H]1O[C@H](CO)[C@@H](O)[C@H](O)[C@H]1O. The van der Waals surface area contributed by atoms with Gasteiger partial charge in [-0.1, -0.05) is 36.4 Å². The maximum Gasteiger partial charge on any atom is 0.323 e. The quantitative estimate of drug-likeness (QED) is 0.352. The molecule has 2 aromatic carbocycles. The van der Waals surface area contributed by atoms with Gasteiger partial charge in [0.2, 0.25) is 0 Å². The lowest BCUT2D eigenvalue weighted by Crippen LogP contribution is -2.58. The molecule has 170 valence electrons. The van der Waals surface area contributed by atoms with Crippen molar-refractivity contribution in [2.45, 2.75) is 36.9 Å². The number of ketones is 1. The van der Waals surface area contributed by atoms with Gasteiger partial charge in [-0.2, -0.15) is 0 Å². The average molecular weight is 442 g/mol. The molecule has 1 heterocycles. The largest absolute Gasteiger partial charge is 0.394 e. The van der Waals surface area contributed by atoms with Gasteiger partial charge in [0.15, 0.2) is 5.78 Å². The topological polar surface area (TPSA) is 148 Å². The summed E-state index contributed by atoms with van der Waals surface area (Å²) in [6, 6.07) is 15.4. The third-order valence-electron chi connectivity index (χ3n) is 5.03. The molecular weight excluding hydrogens is 416 g/mol. The number of allylic oxidation sites excluding steroid dienone is 1. The van der Waals surface area contributed by atoms with Crippen LogP contribution in [0.5, 0.6) is 0 Å². The van der Waals surface area contributed by atoms with E-state index in [0.29, 0.717) is 16.9 Å². The summed E-state index contributed by atoms with van der Waals surface area (Å²) in [5.74, 6) is -0.380. The highest BCUT2D eigenvalue weighted by atomic mass is 16.5. The number of para-hydroxylation sites is 1. The summed E-state index contributed by atoms with van der Waals surface area (Å²) in [7, 11) is 0. The van der Waals surface area contributed by atoms with Crippen LogP contribution < -0.4 is 10.6 Å². The summed E-state index contributed by atoms with van der Waals surface area (Å²) in [6.45, 7) is -0.552. The number of carbonyl (C=O) groups excluding carboxylic acids is 2. The molecule has 1 aliphatic heterocycles. The Balaban J connectivity index is 1.57. The fraction of sp³-hybridized carbons (Fsp3) is 0.304. The lowest BCUT2D eigenvalue weighted by Gasteiger charge is -2.39. The van der Waals surface area contributed by atoms with E-state index in [1.165, 1.54) is 6.08 Å². The molecule has 0 aromatic heterocycles. The van der Waals surface area contributed by atoms with Gasteiger partial charge in [-0.15, -0.1) is 0 Å². The second-order valence-corrected chi connectivity index (χ2v) is 7.44. The summed E-state index contributed by atoms with van der Waals surface area (Å²) in [5.41, 5.74) is 1.84. The number of aliphatic hydroxyl groups excluding tert-OH is 4. The molecule has 0 unspecified atom stereocenters. The molecule has 2 amide bonds. The molecule has 5 atom stereocenters. The van der Waals surface area contributed by atoms with E-state index in [4.69, 9.17) is 4.74 Å². The average Bonchev–Trinajstić information content (AvgIpc) is 2.79. The maximum atomic E-state index is 12.3. The summed E-state index contributed by atoms with van der Waals surface area (Å²) in [4.78, 5) is 24.4. The molecule has 3 rings (SSSR count). The van der Waals surface area contributed by atoms with Crippen molar-refractivity contribution in [2.24, 2.45) is 0 Å². The zero-order valence-corrected chi connectivity index (χ0v) is 17.2. The lowest BCUT2D eigenvalue weighted by atomic mass is 9.92. The summed E-state index contributed by atoms with van der Waals surface area (Å²) in [5, 5.41) is 44.3. The van der Waals surface area contributed by atoms with Gasteiger partial charge in [-0.25, -0.2) is 4.79 Å². The monoisotopic (exact) mass is 442 g/mol. The van der Waals surface area contributed by atoms with Crippen LogP contribution in [0.2, 0.25) is 0 Å². The molecule has 9 heteroatoms. The molecule has 0 aliphatic carbocycles. The predicted octanol–water partition coefficient (Wildman–Crippen LogP) is 1.15. The van der Waals surface area contributed by atoms with E-state index in [2.05, 4.69) is 10.6 Å². The molecule has 6 N–H and O–H groups in total. The second kappa shape index (κ2) is 11.0. The highest BCUT2D eigenvalue weighted by Crippen LogP contribution is 2.23. The molecule has 0 bridgehead atoms. The molecule has 9 nitrogen and oxygen atoms in total. The van der Waals surface area contributed by atoms with E-state index in [9.17, 15) is 30.0 Å². The van der Waals surface area contributed by atoms with E-state index in [-0.39, 0.29) is 12.2 Å². The Morgan fingerprint density at radius 3 is 2.25 bits per heavy atom. The molecule has 0 saturated carbocycles. The minimum Gasteiger partial charge on any atom is -0.394 e. The van der Waals surface area contributed by atoms with Crippen LogP contribution in [0.15, 0.2) is 60.7 Å². The number of aliphatic hydroxyl groups is 4. The van der Waals surface area contributed by atoms with Crippen molar-refractivity contribution in [1.29, 1.82) is 0 Å². The van der Waals surface area contributed by atoms with Gasteiger partial charge in [0.1, 0.15) is 24.4 Å². The van der Waals surface area contributed by atoms with Crippen molar-refractivity contribution in [3.8, 4) is 0 Å². The Labute approximate surface area is 185 Å². The van der Waals surface area contributed by atoms with Crippen LogP contribution in [0, 0.1) is 0 Å². The first kappa shape index (κ1) is 23.6. The van der Waals surface area contributed by atoms with Crippen LogP contribution >= 0.6 is 0 Å². The van der Waals surface area contributed by atoms with Gasteiger partial charge in [0.25, 0.3) is 0 Å². The molecule has 1 fully saturated rings. The third-order valence-corrected chi connectivity index (χ3v) is 5.03. The van der Waals surface area contributed by atoms with Crippen molar-refractivity contribution in [3.05, 3.63) is 66.2 Å². The zero-order chi connectivity index (χ0) is 23.1. The first-order valence-electron chi connectivity index (χ1n) is 10.1. The van der Waals surface area contributed by atoms with Crippen LogP contribution in [0.4, 0.5) is 16.2 Å².